The molecule has 2 heterocycles. The monoisotopic (exact) mass is 501 g/mol. The number of carbonyl (C=O) groups is 2. The number of piperidine rings is 1. The Morgan fingerprint density at radius 2 is 1.83 bits per heavy atom. The maximum atomic E-state index is 13.0. The number of rotatable bonds is 7. The third-order valence-electron chi connectivity index (χ3n) is 7.95. The van der Waals surface area contributed by atoms with Crippen molar-refractivity contribution < 1.29 is 27.5 Å². The van der Waals surface area contributed by atoms with Crippen LogP contribution in [0, 0.1) is 23.2 Å². The molecule has 1 saturated heterocycles. The molecule has 1 aromatic carbocycles. The molecule has 3 aliphatic rings. The molecule has 2 atom stereocenters. The van der Waals surface area contributed by atoms with Gasteiger partial charge in [0.15, 0.2) is 11.4 Å². The third kappa shape index (κ3) is 5.20. The minimum absolute atomic E-state index is 0.0236. The van der Waals surface area contributed by atoms with Crippen molar-refractivity contribution in [3.05, 3.63) is 59.9 Å². The lowest BCUT2D eigenvalue weighted by molar-refractivity contribution is -0.185. The summed E-state index contributed by atoms with van der Waals surface area (Å²) in [5, 5.41) is 2.87. The van der Waals surface area contributed by atoms with Crippen molar-refractivity contribution >= 4 is 11.8 Å². The first-order chi connectivity index (χ1) is 17.2. The SMILES string of the molecule is O=C(NCc1ccccc1)c1ncccc1OCC12CC1CN(C(=O)C1CCC(C(F)(F)F)CC1)C2. The molecular formula is C27H30F3N3O3. The van der Waals surface area contributed by atoms with Crippen molar-refractivity contribution in [1.29, 1.82) is 0 Å². The first-order valence-corrected chi connectivity index (χ1v) is 12.5. The highest BCUT2D eigenvalue weighted by molar-refractivity contribution is 5.94. The largest absolute Gasteiger partial charge is 0.490 e. The van der Waals surface area contributed by atoms with Crippen LogP contribution in [0.15, 0.2) is 48.7 Å². The van der Waals surface area contributed by atoms with Crippen LogP contribution in [0.3, 0.4) is 0 Å². The van der Waals surface area contributed by atoms with Gasteiger partial charge < -0.3 is 15.0 Å². The Labute approximate surface area is 208 Å². The van der Waals surface area contributed by atoms with Crippen molar-refractivity contribution in [3.8, 4) is 5.75 Å². The fraction of sp³-hybridized carbons (Fsp3) is 0.519. The van der Waals surface area contributed by atoms with Crippen molar-refractivity contribution in [3.63, 3.8) is 0 Å². The van der Waals surface area contributed by atoms with Crippen LogP contribution in [-0.4, -0.2) is 47.6 Å². The van der Waals surface area contributed by atoms with Crippen molar-refractivity contribution in [2.24, 2.45) is 23.2 Å². The summed E-state index contributed by atoms with van der Waals surface area (Å²) in [5.41, 5.74) is 1.04. The van der Waals surface area contributed by atoms with Crippen LogP contribution in [0.5, 0.6) is 5.75 Å². The Bertz CT molecular complexity index is 1100. The summed E-state index contributed by atoms with van der Waals surface area (Å²) in [6, 6.07) is 13.0. The predicted octanol–water partition coefficient (Wildman–Crippen LogP) is 4.61. The van der Waals surface area contributed by atoms with Gasteiger partial charge >= 0.3 is 6.18 Å². The van der Waals surface area contributed by atoms with E-state index in [0.717, 1.165) is 12.0 Å². The van der Waals surface area contributed by atoms with E-state index >= 15 is 0 Å². The smallest absolute Gasteiger partial charge is 0.391 e. The van der Waals surface area contributed by atoms with E-state index in [1.807, 2.05) is 35.2 Å². The molecule has 9 heteroatoms. The van der Waals surface area contributed by atoms with E-state index in [1.54, 1.807) is 18.3 Å². The van der Waals surface area contributed by atoms with Crippen LogP contribution >= 0.6 is 0 Å². The second kappa shape index (κ2) is 9.75. The second-order valence-electron chi connectivity index (χ2n) is 10.4. The van der Waals surface area contributed by atoms with Gasteiger partial charge in [-0.2, -0.15) is 13.2 Å². The highest BCUT2D eigenvalue weighted by Crippen LogP contribution is 2.58. The number of amides is 2. The van der Waals surface area contributed by atoms with Gasteiger partial charge in [-0.15, -0.1) is 0 Å². The number of fused-ring (bicyclic) bond motifs is 1. The van der Waals surface area contributed by atoms with Gasteiger partial charge in [-0.25, -0.2) is 4.98 Å². The second-order valence-corrected chi connectivity index (χ2v) is 10.4. The molecule has 1 N–H and O–H groups in total. The van der Waals surface area contributed by atoms with E-state index in [0.29, 0.717) is 50.8 Å². The molecule has 2 aliphatic carbocycles. The van der Waals surface area contributed by atoms with Gasteiger partial charge in [-0.1, -0.05) is 30.3 Å². The Hall–Kier alpha value is -3.10. The maximum Gasteiger partial charge on any atom is 0.391 e. The number of ether oxygens (including phenoxy) is 1. The molecular weight excluding hydrogens is 471 g/mol. The molecule has 6 nitrogen and oxygen atoms in total. The van der Waals surface area contributed by atoms with Crippen LogP contribution in [0.2, 0.25) is 0 Å². The molecule has 0 radical (unpaired) electrons. The summed E-state index contributed by atoms with van der Waals surface area (Å²) in [6.45, 7) is 1.92. The number of alkyl halides is 3. The van der Waals surface area contributed by atoms with E-state index in [2.05, 4.69) is 10.3 Å². The minimum atomic E-state index is -4.17. The molecule has 36 heavy (non-hydrogen) atoms. The van der Waals surface area contributed by atoms with Crippen LogP contribution in [0.1, 0.15) is 48.2 Å². The zero-order valence-corrected chi connectivity index (χ0v) is 20.0. The Morgan fingerprint density at radius 1 is 1.08 bits per heavy atom. The zero-order chi connectivity index (χ0) is 25.3. The van der Waals surface area contributed by atoms with Gasteiger partial charge in [0.1, 0.15) is 0 Å². The number of hydrogen-bond acceptors (Lipinski definition) is 4. The number of likely N-dealkylation sites (tertiary alicyclic amines) is 1. The Kier molecular flexibility index (Phi) is 6.66. The first-order valence-electron chi connectivity index (χ1n) is 12.5. The molecule has 0 bridgehead atoms. The average Bonchev–Trinajstić information content (AvgIpc) is 3.45. The van der Waals surface area contributed by atoms with E-state index in [9.17, 15) is 22.8 Å². The number of aromatic nitrogens is 1. The maximum absolute atomic E-state index is 13.0. The van der Waals surface area contributed by atoms with Gasteiger partial charge in [-0.05, 0) is 55.7 Å². The van der Waals surface area contributed by atoms with Crippen LogP contribution < -0.4 is 10.1 Å². The molecule has 3 fully saturated rings. The minimum Gasteiger partial charge on any atom is -0.490 e. The number of halogens is 3. The lowest BCUT2D eigenvalue weighted by atomic mass is 9.81. The fourth-order valence-corrected chi connectivity index (χ4v) is 5.67. The molecule has 2 unspecified atom stereocenters. The van der Waals surface area contributed by atoms with Gasteiger partial charge in [-0.3, -0.25) is 9.59 Å². The molecule has 192 valence electrons. The number of pyridine rings is 1. The van der Waals surface area contributed by atoms with E-state index in [4.69, 9.17) is 4.74 Å². The first kappa shape index (κ1) is 24.6. The standard InChI is InChI=1S/C27H30F3N3O3/c28-27(29,30)20-10-8-19(9-11-20)25(35)33-15-21-13-26(21,16-33)17-36-22-7-4-12-31-23(22)24(34)32-14-18-5-2-1-3-6-18/h1-7,12,19-21H,8-11,13-17H2,(H,32,34). The molecule has 1 aliphatic heterocycles. The van der Waals surface area contributed by atoms with E-state index in [1.165, 1.54) is 0 Å². The van der Waals surface area contributed by atoms with Gasteiger partial charge in [0.25, 0.3) is 5.91 Å². The number of nitrogens with one attached hydrogen (secondary N) is 1. The highest BCUT2D eigenvalue weighted by Gasteiger charge is 2.61. The summed E-state index contributed by atoms with van der Waals surface area (Å²) in [7, 11) is 0. The molecule has 0 spiro atoms. The lowest BCUT2D eigenvalue weighted by Crippen LogP contribution is -2.40. The Balaban J connectivity index is 1.14. The topological polar surface area (TPSA) is 71.5 Å². The number of nitrogens with zero attached hydrogens (tertiary/aromatic N) is 2. The quantitative estimate of drug-likeness (QED) is 0.602. The highest BCUT2D eigenvalue weighted by atomic mass is 19.4. The van der Waals surface area contributed by atoms with E-state index in [-0.39, 0.29) is 41.7 Å². The summed E-state index contributed by atoms with van der Waals surface area (Å²) >= 11 is 0. The number of benzene rings is 1. The number of hydrogen-bond donors (Lipinski definition) is 1. The van der Waals surface area contributed by atoms with Crippen molar-refractivity contribution in [2.75, 3.05) is 19.7 Å². The summed E-state index contributed by atoms with van der Waals surface area (Å²) in [5.74, 6) is -1.23. The van der Waals surface area contributed by atoms with Crippen molar-refractivity contribution in [2.45, 2.75) is 44.8 Å². The number of carbonyl (C=O) groups excluding carboxylic acids is 2. The molecule has 5 rings (SSSR count). The molecule has 2 aromatic rings. The molecule has 1 aromatic heterocycles. The van der Waals surface area contributed by atoms with Crippen LogP contribution in [-0.2, 0) is 11.3 Å². The van der Waals surface area contributed by atoms with Crippen LogP contribution in [0.25, 0.3) is 0 Å². The van der Waals surface area contributed by atoms with Crippen molar-refractivity contribution in [1.82, 2.24) is 15.2 Å². The summed E-state index contributed by atoms with van der Waals surface area (Å²) in [6.07, 6.45) is -1.04. The Morgan fingerprint density at radius 3 is 2.56 bits per heavy atom. The third-order valence-corrected chi connectivity index (χ3v) is 7.95. The average molecular weight is 502 g/mol. The fourth-order valence-electron chi connectivity index (χ4n) is 5.67. The zero-order valence-electron chi connectivity index (χ0n) is 20.0. The lowest BCUT2D eigenvalue weighted by Gasteiger charge is -2.32. The predicted molar refractivity (Wildman–Crippen MR) is 126 cm³/mol. The van der Waals surface area contributed by atoms with Gasteiger partial charge in [0.05, 0.1) is 12.5 Å². The molecule has 2 amide bonds. The van der Waals surface area contributed by atoms with E-state index < -0.39 is 12.1 Å². The molecule has 2 saturated carbocycles. The van der Waals surface area contributed by atoms with Crippen LogP contribution in [0.4, 0.5) is 13.2 Å². The van der Waals surface area contributed by atoms with Gasteiger partial charge in [0.2, 0.25) is 5.91 Å². The summed E-state index contributed by atoms with van der Waals surface area (Å²) < 4.78 is 45.0. The normalized spacial score (nSPS) is 27.3. The summed E-state index contributed by atoms with van der Waals surface area (Å²) in [4.78, 5) is 31.8. The van der Waals surface area contributed by atoms with Gasteiger partial charge in [0, 0.05) is 37.2 Å².